The zero-order valence-corrected chi connectivity index (χ0v) is 20.4. The topological polar surface area (TPSA) is 87.2 Å². The molecular formula is C25H29ClN6O2. The zero-order valence-electron chi connectivity index (χ0n) is 19.7. The van der Waals surface area contributed by atoms with Crippen LogP contribution in [0.3, 0.4) is 0 Å². The van der Waals surface area contributed by atoms with Gasteiger partial charge >= 0.3 is 5.97 Å². The van der Waals surface area contributed by atoms with E-state index in [9.17, 15) is 4.79 Å². The summed E-state index contributed by atoms with van der Waals surface area (Å²) in [5.41, 5.74) is 4.17. The maximum atomic E-state index is 12.9. The average molecular weight is 481 g/mol. The number of nitrogens with one attached hydrogen (secondary N) is 1. The molecule has 1 aliphatic heterocycles. The van der Waals surface area contributed by atoms with Gasteiger partial charge in [0.05, 0.1) is 6.61 Å². The van der Waals surface area contributed by atoms with E-state index in [0.717, 1.165) is 41.6 Å². The summed E-state index contributed by atoms with van der Waals surface area (Å²) < 4.78 is 5.37. The number of nitrogens with zero attached hydrogens (tertiary/aromatic N) is 5. The fourth-order valence-electron chi connectivity index (χ4n) is 4.37. The molecule has 0 saturated heterocycles. The lowest BCUT2D eigenvalue weighted by Crippen LogP contribution is -2.41. The van der Waals surface area contributed by atoms with Crippen LogP contribution >= 0.6 is 11.6 Å². The summed E-state index contributed by atoms with van der Waals surface area (Å²) in [6, 6.07) is 16.0. The molecule has 1 unspecified atom stereocenters. The van der Waals surface area contributed by atoms with Crippen LogP contribution in [0.2, 0.25) is 0 Å². The molecule has 3 aromatic rings. The van der Waals surface area contributed by atoms with Gasteiger partial charge in [-0.1, -0.05) is 61.3 Å². The predicted molar refractivity (Wildman–Crippen MR) is 133 cm³/mol. The Morgan fingerprint density at radius 1 is 1.09 bits per heavy atom. The third kappa shape index (κ3) is 4.50. The van der Waals surface area contributed by atoms with Crippen LogP contribution in [0.25, 0.3) is 22.5 Å². The first-order chi connectivity index (χ1) is 16.6. The molecule has 8 nitrogen and oxygen atoms in total. The molecule has 178 valence electrons. The first-order valence-corrected chi connectivity index (χ1v) is 12.0. The number of carbonyl (C=O) groups excluding carboxylic acids is 1. The summed E-state index contributed by atoms with van der Waals surface area (Å²) >= 11 is 6.74. The summed E-state index contributed by atoms with van der Waals surface area (Å²) in [5, 5.41) is 14.9. The largest absolute Gasteiger partial charge is 0.461 e. The number of H-pyrrole nitrogens is 1. The van der Waals surface area contributed by atoms with Crippen LogP contribution in [0.4, 0.5) is 5.69 Å². The van der Waals surface area contributed by atoms with Crippen LogP contribution in [-0.2, 0) is 9.53 Å². The summed E-state index contributed by atoms with van der Waals surface area (Å²) in [6.45, 7) is 6.99. The van der Waals surface area contributed by atoms with Gasteiger partial charge in [-0.2, -0.15) is 5.21 Å². The van der Waals surface area contributed by atoms with Crippen molar-refractivity contribution in [1.29, 1.82) is 0 Å². The minimum absolute atomic E-state index is 0.0469. The molecule has 0 saturated carbocycles. The fraction of sp³-hybridized carbons (Fsp3) is 0.360. The van der Waals surface area contributed by atoms with Crippen LogP contribution in [-0.4, -0.2) is 50.8 Å². The molecule has 2 aromatic carbocycles. The number of aromatic nitrogens is 4. The molecule has 1 aromatic heterocycles. The highest BCUT2D eigenvalue weighted by atomic mass is 35.5. The highest BCUT2D eigenvalue weighted by Gasteiger charge is 2.41. The lowest BCUT2D eigenvalue weighted by molar-refractivity contribution is -0.138. The average Bonchev–Trinajstić information content (AvgIpc) is 3.49. The van der Waals surface area contributed by atoms with Crippen LogP contribution in [0.5, 0.6) is 0 Å². The van der Waals surface area contributed by atoms with Crippen molar-refractivity contribution < 1.29 is 9.53 Å². The number of carbonyl (C=O) groups is 1. The smallest absolute Gasteiger partial charge is 0.358 e. The number of hydrogen-bond donors (Lipinski definition) is 1. The number of ether oxygens (including phenoxy) is 1. The van der Waals surface area contributed by atoms with E-state index in [2.05, 4.69) is 32.4 Å². The van der Waals surface area contributed by atoms with Gasteiger partial charge in [-0.05, 0) is 55.2 Å². The van der Waals surface area contributed by atoms with Gasteiger partial charge in [0.2, 0.25) is 5.82 Å². The number of halogens is 1. The lowest BCUT2D eigenvalue weighted by atomic mass is 9.99. The van der Waals surface area contributed by atoms with E-state index in [-0.39, 0.29) is 12.8 Å². The Bertz CT molecular complexity index is 1150. The fourth-order valence-corrected chi connectivity index (χ4v) is 4.77. The Morgan fingerprint density at radius 2 is 1.82 bits per heavy atom. The van der Waals surface area contributed by atoms with Crippen molar-refractivity contribution in [2.75, 3.05) is 18.1 Å². The molecule has 1 N–H and O–H groups in total. The number of aromatic amines is 1. The van der Waals surface area contributed by atoms with Gasteiger partial charge in [0, 0.05) is 17.8 Å². The van der Waals surface area contributed by atoms with Gasteiger partial charge < -0.3 is 14.5 Å². The normalized spacial score (nSPS) is 15.8. The molecule has 9 heteroatoms. The SMILES string of the molecule is CCCCC1N(CC)C(Cl)=C(C(=O)OCC)N1c1ccc(-c2ccccc2-c2nn[nH]n2)cc1. The van der Waals surface area contributed by atoms with Gasteiger partial charge in [0.15, 0.2) is 5.70 Å². The van der Waals surface area contributed by atoms with E-state index in [1.807, 2.05) is 60.4 Å². The van der Waals surface area contributed by atoms with Gasteiger partial charge in [-0.25, -0.2) is 4.79 Å². The Balaban J connectivity index is 1.73. The van der Waals surface area contributed by atoms with Crippen molar-refractivity contribution in [3.8, 4) is 22.5 Å². The Kier molecular flexibility index (Phi) is 7.47. The standard InChI is InChI=1S/C25H29ClN6O2/c1-4-7-12-21-31(5-2)23(26)22(25(33)34-6-3)32(21)18-15-13-17(14-16-18)19-10-8-9-11-20(19)24-27-29-30-28-24/h8-11,13-16,21H,4-7,12H2,1-3H3,(H,27,28,29,30). The zero-order chi connectivity index (χ0) is 24.1. The summed E-state index contributed by atoms with van der Waals surface area (Å²) in [5.74, 6) is 0.133. The predicted octanol–water partition coefficient (Wildman–Crippen LogP) is 5.16. The number of esters is 1. The molecule has 0 amide bonds. The molecule has 34 heavy (non-hydrogen) atoms. The van der Waals surface area contributed by atoms with E-state index in [4.69, 9.17) is 16.3 Å². The van der Waals surface area contributed by atoms with E-state index in [1.165, 1.54) is 0 Å². The van der Waals surface area contributed by atoms with Gasteiger partial charge in [-0.15, -0.1) is 10.2 Å². The van der Waals surface area contributed by atoms with E-state index >= 15 is 0 Å². The van der Waals surface area contributed by atoms with Crippen molar-refractivity contribution in [2.45, 2.75) is 46.2 Å². The summed E-state index contributed by atoms with van der Waals surface area (Å²) in [4.78, 5) is 17.0. The quantitative estimate of drug-likeness (QED) is 0.334. The van der Waals surface area contributed by atoms with Crippen molar-refractivity contribution in [2.24, 2.45) is 0 Å². The van der Waals surface area contributed by atoms with Crippen molar-refractivity contribution in [3.63, 3.8) is 0 Å². The summed E-state index contributed by atoms with van der Waals surface area (Å²) in [7, 11) is 0. The van der Waals surface area contributed by atoms with Crippen LogP contribution in [0.1, 0.15) is 40.0 Å². The van der Waals surface area contributed by atoms with Crippen LogP contribution in [0, 0.1) is 0 Å². The molecule has 0 spiro atoms. The van der Waals surface area contributed by atoms with Gasteiger partial charge in [0.1, 0.15) is 11.3 Å². The number of rotatable bonds is 9. The molecule has 1 aliphatic rings. The molecule has 2 heterocycles. The van der Waals surface area contributed by atoms with Crippen LogP contribution < -0.4 is 4.90 Å². The lowest BCUT2D eigenvalue weighted by Gasteiger charge is -2.33. The molecular weight excluding hydrogens is 452 g/mol. The first-order valence-electron chi connectivity index (χ1n) is 11.7. The van der Waals surface area contributed by atoms with E-state index < -0.39 is 5.97 Å². The van der Waals surface area contributed by atoms with E-state index in [1.54, 1.807) is 6.92 Å². The monoisotopic (exact) mass is 480 g/mol. The number of unbranched alkanes of at least 4 members (excludes halogenated alkanes) is 1. The molecule has 0 fully saturated rings. The molecule has 0 radical (unpaired) electrons. The minimum atomic E-state index is -0.406. The second kappa shape index (κ2) is 10.7. The molecule has 0 aliphatic carbocycles. The Morgan fingerprint density at radius 3 is 2.44 bits per heavy atom. The number of tetrazole rings is 1. The van der Waals surface area contributed by atoms with Crippen molar-refractivity contribution >= 4 is 23.3 Å². The van der Waals surface area contributed by atoms with Gasteiger partial charge in [-0.3, -0.25) is 0 Å². The van der Waals surface area contributed by atoms with Crippen molar-refractivity contribution in [3.05, 3.63) is 59.4 Å². The second-order valence-corrected chi connectivity index (χ2v) is 8.32. The van der Waals surface area contributed by atoms with Crippen LogP contribution in [0.15, 0.2) is 59.4 Å². The second-order valence-electron chi connectivity index (χ2n) is 7.97. The van der Waals surface area contributed by atoms with E-state index in [0.29, 0.717) is 23.2 Å². The van der Waals surface area contributed by atoms with Gasteiger partial charge in [0.25, 0.3) is 0 Å². The maximum absolute atomic E-state index is 12.9. The Hall–Kier alpha value is -3.39. The number of hydrogen-bond acceptors (Lipinski definition) is 7. The molecule has 4 rings (SSSR count). The summed E-state index contributed by atoms with van der Waals surface area (Å²) in [6.07, 6.45) is 2.91. The third-order valence-corrected chi connectivity index (χ3v) is 6.34. The number of benzene rings is 2. The molecule has 1 atom stereocenters. The highest BCUT2D eigenvalue weighted by Crippen LogP contribution is 2.40. The van der Waals surface area contributed by atoms with Crippen molar-refractivity contribution in [1.82, 2.24) is 25.5 Å². The maximum Gasteiger partial charge on any atom is 0.358 e. The third-order valence-electron chi connectivity index (χ3n) is 5.94. The first kappa shape index (κ1) is 23.8. The Labute approximate surface area is 204 Å². The molecule has 0 bridgehead atoms. The minimum Gasteiger partial charge on any atom is -0.461 e. The highest BCUT2D eigenvalue weighted by molar-refractivity contribution is 6.32. The number of anilines is 1.